The molecule has 2 aromatic carbocycles. The molecule has 1 N–H and O–H groups in total. The SMILES string of the molecule is COc1c(Cl)cc(/C(O)=C2/C(=O)C(=O)N(c3cccc(Br)c3)C2c2cccs2)cc1Cl. The maximum absolute atomic E-state index is 13.1. The summed E-state index contributed by atoms with van der Waals surface area (Å²) in [6.45, 7) is 0. The molecule has 0 bridgehead atoms. The number of carbonyl (C=O) groups is 2. The van der Waals surface area contributed by atoms with Crippen molar-refractivity contribution in [2.45, 2.75) is 6.04 Å². The summed E-state index contributed by atoms with van der Waals surface area (Å²) in [7, 11) is 1.42. The number of nitrogens with zero attached hydrogens (tertiary/aromatic N) is 1. The van der Waals surface area contributed by atoms with Crippen LogP contribution in [0.1, 0.15) is 16.5 Å². The Kier molecular flexibility index (Phi) is 6.12. The molecule has 9 heteroatoms. The van der Waals surface area contributed by atoms with Crippen molar-refractivity contribution in [2.75, 3.05) is 12.0 Å². The summed E-state index contributed by atoms with van der Waals surface area (Å²) in [6, 6.07) is 12.8. The Labute approximate surface area is 200 Å². The standard InChI is InChI=1S/C22H14BrCl2NO4S/c1-30-21-14(24)8-11(9-15(21)25)19(27)17-18(16-6-3-7-31-16)26(22(29)20(17)28)13-5-2-4-12(23)10-13/h2-10,18,27H,1H3/b19-17-. The monoisotopic (exact) mass is 537 g/mol. The minimum absolute atomic E-state index is 0.0373. The molecule has 1 aliphatic heterocycles. The van der Waals surface area contributed by atoms with Crippen LogP contribution in [0, 0.1) is 0 Å². The number of aliphatic hydroxyl groups is 1. The predicted octanol–water partition coefficient (Wildman–Crippen LogP) is 6.45. The van der Waals surface area contributed by atoms with Crippen LogP contribution in [0.5, 0.6) is 5.75 Å². The fraction of sp³-hybridized carbons (Fsp3) is 0.0909. The topological polar surface area (TPSA) is 66.8 Å². The molecule has 158 valence electrons. The third-order valence-electron chi connectivity index (χ3n) is 4.82. The molecular formula is C22H14BrCl2NO4S. The number of aliphatic hydroxyl groups excluding tert-OH is 1. The third kappa shape index (κ3) is 3.87. The minimum Gasteiger partial charge on any atom is -0.507 e. The maximum Gasteiger partial charge on any atom is 0.300 e. The molecule has 1 amide bonds. The molecule has 2 heterocycles. The number of ketones is 1. The Hall–Kier alpha value is -2.32. The summed E-state index contributed by atoms with van der Waals surface area (Å²) in [5.41, 5.74) is 0.703. The van der Waals surface area contributed by atoms with Crippen LogP contribution in [0.3, 0.4) is 0 Å². The van der Waals surface area contributed by atoms with E-state index in [1.54, 1.807) is 18.2 Å². The number of hydrogen-bond donors (Lipinski definition) is 1. The van der Waals surface area contributed by atoms with Gasteiger partial charge in [-0.25, -0.2) is 0 Å². The Balaban J connectivity index is 1.94. The van der Waals surface area contributed by atoms with Gasteiger partial charge in [-0.15, -0.1) is 11.3 Å². The molecule has 0 aliphatic carbocycles. The number of benzene rings is 2. The summed E-state index contributed by atoms with van der Waals surface area (Å²) in [4.78, 5) is 28.2. The lowest BCUT2D eigenvalue weighted by atomic mass is 9.99. The number of rotatable bonds is 4. The fourth-order valence-electron chi connectivity index (χ4n) is 3.49. The Morgan fingerprint density at radius 1 is 1.13 bits per heavy atom. The first-order valence-corrected chi connectivity index (χ1v) is 11.4. The maximum atomic E-state index is 13.1. The molecule has 5 nitrogen and oxygen atoms in total. The van der Waals surface area contributed by atoms with Crippen molar-refractivity contribution in [3.8, 4) is 5.75 Å². The van der Waals surface area contributed by atoms with Crippen molar-refractivity contribution in [1.29, 1.82) is 0 Å². The average Bonchev–Trinajstić information content (AvgIpc) is 3.34. The number of thiophene rings is 1. The van der Waals surface area contributed by atoms with Gasteiger partial charge in [0.15, 0.2) is 5.75 Å². The largest absolute Gasteiger partial charge is 0.507 e. The van der Waals surface area contributed by atoms with Crippen LogP contribution >= 0.6 is 50.5 Å². The quantitative estimate of drug-likeness (QED) is 0.235. The molecular weight excluding hydrogens is 525 g/mol. The van der Waals surface area contributed by atoms with E-state index in [0.29, 0.717) is 5.69 Å². The van der Waals surface area contributed by atoms with Crippen LogP contribution in [0.4, 0.5) is 5.69 Å². The zero-order chi connectivity index (χ0) is 22.3. The van der Waals surface area contributed by atoms with E-state index in [2.05, 4.69) is 15.9 Å². The number of hydrogen-bond acceptors (Lipinski definition) is 5. The van der Waals surface area contributed by atoms with E-state index >= 15 is 0 Å². The Morgan fingerprint density at radius 3 is 2.42 bits per heavy atom. The van der Waals surface area contributed by atoms with Gasteiger partial charge in [-0.3, -0.25) is 14.5 Å². The summed E-state index contributed by atoms with van der Waals surface area (Å²) in [5, 5.41) is 13.3. The highest BCUT2D eigenvalue weighted by atomic mass is 79.9. The lowest BCUT2D eigenvalue weighted by Gasteiger charge is -2.24. The normalized spacial score (nSPS) is 17.9. The Morgan fingerprint density at radius 2 is 1.84 bits per heavy atom. The lowest BCUT2D eigenvalue weighted by molar-refractivity contribution is -0.132. The van der Waals surface area contributed by atoms with Crippen LogP contribution in [-0.4, -0.2) is 23.9 Å². The fourth-order valence-corrected chi connectivity index (χ4v) is 5.34. The molecule has 0 radical (unpaired) electrons. The molecule has 31 heavy (non-hydrogen) atoms. The van der Waals surface area contributed by atoms with Crippen LogP contribution in [0.2, 0.25) is 10.0 Å². The highest BCUT2D eigenvalue weighted by molar-refractivity contribution is 9.10. The predicted molar refractivity (Wildman–Crippen MR) is 126 cm³/mol. The second-order valence-corrected chi connectivity index (χ2v) is 9.35. The number of amides is 1. The van der Waals surface area contributed by atoms with Gasteiger partial charge in [0.2, 0.25) is 0 Å². The number of ether oxygens (including phenoxy) is 1. The van der Waals surface area contributed by atoms with Gasteiger partial charge in [0.25, 0.3) is 11.7 Å². The third-order valence-corrected chi connectivity index (χ3v) is 6.80. The van der Waals surface area contributed by atoms with Crippen molar-refractivity contribution >= 4 is 73.6 Å². The van der Waals surface area contributed by atoms with Gasteiger partial charge in [-0.2, -0.15) is 0 Å². The number of halogens is 3. The molecule has 1 fully saturated rings. The molecule has 0 spiro atoms. The van der Waals surface area contributed by atoms with Gasteiger partial charge >= 0.3 is 0 Å². The van der Waals surface area contributed by atoms with Gasteiger partial charge in [0, 0.05) is 20.6 Å². The van der Waals surface area contributed by atoms with Crippen LogP contribution in [0.15, 0.2) is 64.0 Å². The van der Waals surface area contributed by atoms with E-state index < -0.39 is 17.7 Å². The molecule has 4 rings (SSSR count). The number of anilines is 1. The average molecular weight is 539 g/mol. The number of Topliss-reactive ketones (excluding diaryl/α,β-unsaturated/α-hetero) is 1. The van der Waals surface area contributed by atoms with Gasteiger partial charge < -0.3 is 9.84 Å². The smallest absolute Gasteiger partial charge is 0.300 e. The van der Waals surface area contributed by atoms with Crippen LogP contribution in [0.25, 0.3) is 5.76 Å². The van der Waals surface area contributed by atoms with Crippen LogP contribution in [-0.2, 0) is 9.59 Å². The van der Waals surface area contributed by atoms with Crippen molar-refractivity contribution < 1.29 is 19.4 Å². The van der Waals surface area contributed by atoms with Gasteiger partial charge in [-0.1, -0.05) is 51.3 Å². The summed E-state index contributed by atoms with van der Waals surface area (Å²) >= 11 is 17.2. The molecule has 3 aromatic rings. The minimum atomic E-state index is -0.797. The summed E-state index contributed by atoms with van der Waals surface area (Å²) in [6.07, 6.45) is 0. The highest BCUT2D eigenvalue weighted by Crippen LogP contribution is 2.45. The van der Waals surface area contributed by atoms with Gasteiger partial charge in [0.1, 0.15) is 11.8 Å². The Bertz CT molecular complexity index is 1200. The van der Waals surface area contributed by atoms with Crippen molar-refractivity contribution in [3.63, 3.8) is 0 Å². The van der Waals surface area contributed by atoms with Gasteiger partial charge in [-0.05, 0) is 41.8 Å². The first kappa shape index (κ1) is 21.9. The first-order chi connectivity index (χ1) is 14.8. The summed E-state index contributed by atoms with van der Waals surface area (Å²) in [5.74, 6) is -1.63. The number of methoxy groups -OCH3 is 1. The van der Waals surface area contributed by atoms with E-state index in [4.69, 9.17) is 27.9 Å². The second-order valence-electron chi connectivity index (χ2n) is 6.64. The molecule has 1 aliphatic rings. The van der Waals surface area contributed by atoms with Gasteiger partial charge in [0.05, 0.1) is 22.7 Å². The second kappa shape index (κ2) is 8.67. The van der Waals surface area contributed by atoms with E-state index in [1.807, 2.05) is 23.6 Å². The van der Waals surface area contributed by atoms with Crippen molar-refractivity contribution in [2.24, 2.45) is 0 Å². The van der Waals surface area contributed by atoms with E-state index in [-0.39, 0.29) is 32.7 Å². The zero-order valence-corrected chi connectivity index (χ0v) is 19.8. The summed E-state index contributed by atoms with van der Waals surface area (Å²) < 4.78 is 5.90. The zero-order valence-electron chi connectivity index (χ0n) is 15.9. The van der Waals surface area contributed by atoms with Crippen molar-refractivity contribution in [3.05, 3.63) is 84.4 Å². The molecule has 1 aromatic heterocycles. The van der Waals surface area contributed by atoms with Crippen molar-refractivity contribution in [1.82, 2.24) is 0 Å². The molecule has 1 atom stereocenters. The van der Waals surface area contributed by atoms with E-state index in [1.165, 1.54) is 35.5 Å². The molecule has 1 unspecified atom stereocenters. The highest BCUT2D eigenvalue weighted by Gasteiger charge is 2.47. The van der Waals surface area contributed by atoms with Crippen LogP contribution < -0.4 is 9.64 Å². The van der Waals surface area contributed by atoms with E-state index in [0.717, 1.165) is 9.35 Å². The molecule has 0 saturated carbocycles. The lowest BCUT2D eigenvalue weighted by Crippen LogP contribution is -2.29. The molecule has 1 saturated heterocycles. The first-order valence-electron chi connectivity index (χ1n) is 8.97. The van der Waals surface area contributed by atoms with E-state index in [9.17, 15) is 14.7 Å². The number of carbonyl (C=O) groups excluding carboxylic acids is 2.